The molecule has 1 N–H and O–H groups in total. The van der Waals surface area contributed by atoms with Crippen LogP contribution < -0.4 is 0 Å². The molecule has 0 bridgehead atoms. The van der Waals surface area contributed by atoms with E-state index in [1.807, 2.05) is 60.9 Å². The lowest BCUT2D eigenvalue weighted by atomic mass is 10.0. The first kappa shape index (κ1) is 11.2. The SMILES string of the molecule is CSc1ccccc1C(O)c1ccccc1. The predicted molar refractivity (Wildman–Crippen MR) is 68.7 cm³/mol. The Hall–Kier alpha value is -1.25. The van der Waals surface area contributed by atoms with Crippen LogP contribution in [0.2, 0.25) is 0 Å². The molecule has 0 amide bonds. The second-order valence-corrected chi connectivity index (χ2v) is 4.40. The molecular formula is C14H14OS. The molecule has 1 nitrogen and oxygen atoms in total. The maximum Gasteiger partial charge on any atom is 0.105 e. The van der Waals surface area contributed by atoms with Gasteiger partial charge in [-0.05, 0) is 23.4 Å². The van der Waals surface area contributed by atoms with Crippen LogP contribution in [0, 0.1) is 0 Å². The van der Waals surface area contributed by atoms with Crippen LogP contribution >= 0.6 is 11.8 Å². The Balaban J connectivity index is 2.37. The van der Waals surface area contributed by atoms with Gasteiger partial charge in [-0.1, -0.05) is 48.5 Å². The Morgan fingerprint density at radius 3 is 2.25 bits per heavy atom. The van der Waals surface area contributed by atoms with Gasteiger partial charge in [-0.25, -0.2) is 0 Å². The van der Waals surface area contributed by atoms with Gasteiger partial charge < -0.3 is 5.11 Å². The first-order valence-corrected chi connectivity index (χ1v) is 6.41. The fourth-order valence-electron chi connectivity index (χ4n) is 1.71. The van der Waals surface area contributed by atoms with E-state index in [2.05, 4.69) is 0 Å². The van der Waals surface area contributed by atoms with Crippen molar-refractivity contribution in [3.8, 4) is 0 Å². The highest BCUT2D eigenvalue weighted by molar-refractivity contribution is 7.98. The summed E-state index contributed by atoms with van der Waals surface area (Å²) in [4.78, 5) is 1.12. The standard InChI is InChI=1S/C14H14OS/c1-16-13-10-6-5-9-12(13)14(15)11-7-3-2-4-8-11/h2-10,14-15H,1H3. The number of thioether (sulfide) groups is 1. The van der Waals surface area contributed by atoms with E-state index in [9.17, 15) is 5.11 Å². The van der Waals surface area contributed by atoms with Crippen molar-refractivity contribution >= 4 is 11.8 Å². The lowest BCUT2D eigenvalue weighted by molar-refractivity contribution is 0.217. The average Bonchev–Trinajstić information content (AvgIpc) is 2.39. The normalized spacial score (nSPS) is 12.4. The summed E-state index contributed by atoms with van der Waals surface area (Å²) in [6.45, 7) is 0. The van der Waals surface area contributed by atoms with Gasteiger partial charge in [0.1, 0.15) is 6.10 Å². The summed E-state index contributed by atoms with van der Waals surface area (Å²) in [5.74, 6) is 0. The lowest BCUT2D eigenvalue weighted by Gasteiger charge is -2.14. The smallest absolute Gasteiger partial charge is 0.105 e. The van der Waals surface area contributed by atoms with Crippen molar-refractivity contribution in [3.05, 3.63) is 65.7 Å². The molecule has 16 heavy (non-hydrogen) atoms. The molecule has 0 aliphatic rings. The molecule has 0 heterocycles. The number of hydrogen-bond donors (Lipinski definition) is 1. The van der Waals surface area contributed by atoms with Crippen molar-refractivity contribution in [1.29, 1.82) is 0 Å². The molecule has 0 radical (unpaired) electrons. The molecule has 0 spiro atoms. The third-order valence-electron chi connectivity index (χ3n) is 2.55. The van der Waals surface area contributed by atoms with Gasteiger partial charge in [0.15, 0.2) is 0 Å². The fraction of sp³-hybridized carbons (Fsp3) is 0.143. The van der Waals surface area contributed by atoms with Crippen molar-refractivity contribution in [2.45, 2.75) is 11.0 Å². The highest BCUT2D eigenvalue weighted by Crippen LogP contribution is 2.29. The van der Waals surface area contributed by atoms with Crippen LogP contribution in [0.5, 0.6) is 0 Å². The highest BCUT2D eigenvalue weighted by atomic mass is 32.2. The predicted octanol–water partition coefficient (Wildman–Crippen LogP) is 3.49. The largest absolute Gasteiger partial charge is 0.384 e. The number of benzene rings is 2. The van der Waals surface area contributed by atoms with Crippen molar-refractivity contribution < 1.29 is 5.11 Å². The Kier molecular flexibility index (Phi) is 3.65. The zero-order valence-electron chi connectivity index (χ0n) is 9.13. The minimum Gasteiger partial charge on any atom is -0.384 e. The summed E-state index contributed by atoms with van der Waals surface area (Å²) in [5, 5.41) is 10.3. The van der Waals surface area contributed by atoms with E-state index < -0.39 is 6.10 Å². The lowest BCUT2D eigenvalue weighted by Crippen LogP contribution is -2.00. The molecule has 0 aliphatic heterocycles. The van der Waals surface area contributed by atoms with Gasteiger partial charge in [-0.3, -0.25) is 0 Å². The van der Waals surface area contributed by atoms with Crippen LogP contribution in [0.1, 0.15) is 17.2 Å². The Morgan fingerprint density at radius 1 is 0.938 bits per heavy atom. The van der Waals surface area contributed by atoms with Gasteiger partial charge in [-0.2, -0.15) is 0 Å². The Morgan fingerprint density at radius 2 is 1.56 bits per heavy atom. The van der Waals surface area contributed by atoms with Crippen molar-refractivity contribution in [3.63, 3.8) is 0 Å². The van der Waals surface area contributed by atoms with Crippen LogP contribution in [-0.2, 0) is 0 Å². The van der Waals surface area contributed by atoms with E-state index in [1.165, 1.54) is 0 Å². The maximum absolute atomic E-state index is 10.3. The van der Waals surface area contributed by atoms with Gasteiger partial charge in [0, 0.05) is 4.90 Å². The summed E-state index contributed by atoms with van der Waals surface area (Å²) in [6, 6.07) is 17.7. The zero-order chi connectivity index (χ0) is 11.4. The minimum absolute atomic E-state index is 0.537. The highest BCUT2D eigenvalue weighted by Gasteiger charge is 2.12. The summed E-state index contributed by atoms with van der Waals surface area (Å²) in [7, 11) is 0. The number of rotatable bonds is 3. The maximum atomic E-state index is 10.3. The summed E-state index contributed by atoms with van der Waals surface area (Å²) >= 11 is 1.66. The summed E-state index contributed by atoms with van der Waals surface area (Å²) < 4.78 is 0. The minimum atomic E-state index is -0.537. The van der Waals surface area contributed by atoms with Crippen LogP contribution in [0.4, 0.5) is 0 Å². The first-order chi connectivity index (χ1) is 7.83. The second-order valence-electron chi connectivity index (χ2n) is 3.56. The molecule has 0 saturated carbocycles. The van der Waals surface area contributed by atoms with E-state index in [-0.39, 0.29) is 0 Å². The van der Waals surface area contributed by atoms with Crippen LogP contribution in [0.25, 0.3) is 0 Å². The van der Waals surface area contributed by atoms with Crippen LogP contribution in [0.15, 0.2) is 59.5 Å². The number of aliphatic hydroxyl groups is 1. The topological polar surface area (TPSA) is 20.2 Å². The molecule has 1 atom stereocenters. The second kappa shape index (κ2) is 5.19. The summed E-state index contributed by atoms with van der Waals surface area (Å²) in [6.07, 6.45) is 1.49. The molecule has 0 saturated heterocycles. The molecule has 0 fully saturated rings. The molecule has 2 aromatic rings. The van der Waals surface area contributed by atoms with Crippen LogP contribution in [-0.4, -0.2) is 11.4 Å². The third-order valence-corrected chi connectivity index (χ3v) is 3.36. The fourth-order valence-corrected chi connectivity index (χ4v) is 2.34. The molecule has 2 rings (SSSR count). The summed E-state index contributed by atoms with van der Waals surface area (Å²) in [5.41, 5.74) is 1.91. The van der Waals surface area contributed by atoms with Crippen molar-refractivity contribution in [2.24, 2.45) is 0 Å². The quantitative estimate of drug-likeness (QED) is 0.814. The van der Waals surface area contributed by atoms with E-state index in [4.69, 9.17) is 0 Å². The van der Waals surface area contributed by atoms with E-state index >= 15 is 0 Å². The van der Waals surface area contributed by atoms with E-state index in [0.717, 1.165) is 16.0 Å². The van der Waals surface area contributed by atoms with Gasteiger partial charge in [-0.15, -0.1) is 11.8 Å². The molecule has 1 unspecified atom stereocenters. The molecule has 0 aromatic heterocycles. The number of aliphatic hydroxyl groups excluding tert-OH is 1. The zero-order valence-corrected chi connectivity index (χ0v) is 9.95. The van der Waals surface area contributed by atoms with Gasteiger partial charge in [0.05, 0.1) is 0 Å². The van der Waals surface area contributed by atoms with Gasteiger partial charge in [0.2, 0.25) is 0 Å². The molecule has 2 aromatic carbocycles. The average molecular weight is 230 g/mol. The molecule has 2 heteroatoms. The molecule has 0 aliphatic carbocycles. The van der Waals surface area contributed by atoms with Gasteiger partial charge in [0.25, 0.3) is 0 Å². The van der Waals surface area contributed by atoms with Crippen molar-refractivity contribution in [2.75, 3.05) is 6.26 Å². The third kappa shape index (κ3) is 2.29. The van der Waals surface area contributed by atoms with E-state index in [0.29, 0.717) is 0 Å². The van der Waals surface area contributed by atoms with Gasteiger partial charge >= 0.3 is 0 Å². The van der Waals surface area contributed by atoms with Crippen molar-refractivity contribution in [1.82, 2.24) is 0 Å². The monoisotopic (exact) mass is 230 g/mol. The van der Waals surface area contributed by atoms with Crippen LogP contribution in [0.3, 0.4) is 0 Å². The number of hydrogen-bond acceptors (Lipinski definition) is 2. The molecule has 82 valence electrons. The Bertz CT molecular complexity index is 453. The van der Waals surface area contributed by atoms with E-state index in [1.54, 1.807) is 11.8 Å². The first-order valence-electron chi connectivity index (χ1n) is 5.19. The molecular weight excluding hydrogens is 216 g/mol. The Labute approximate surface area is 100 Å².